The fourth-order valence-electron chi connectivity index (χ4n) is 1.84. The van der Waals surface area contributed by atoms with E-state index >= 15 is 0 Å². The van der Waals surface area contributed by atoms with Gasteiger partial charge in [0.1, 0.15) is 11.4 Å². The molecule has 92 valence electrons. The van der Waals surface area contributed by atoms with Crippen LogP contribution in [0, 0.1) is 6.92 Å². The minimum Gasteiger partial charge on any atom is -0.286 e. The summed E-state index contributed by atoms with van der Waals surface area (Å²) < 4.78 is 40.1. The van der Waals surface area contributed by atoms with Gasteiger partial charge in [-0.2, -0.15) is 13.2 Å². The van der Waals surface area contributed by atoms with Crippen LogP contribution in [0.4, 0.5) is 13.2 Å². The number of pyridine rings is 1. The van der Waals surface area contributed by atoms with Gasteiger partial charge in [0.2, 0.25) is 0 Å². The quantitative estimate of drug-likeness (QED) is 0.811. The Bertz CT molecular complexity index is 543. The number of fused-ring (bicyclic) bond motifs is 1. The van der Waals surface area contributed by atoms with Crippen molar-refractivity contribution in [3.8, 4) is 0 Å². The average Bonchev–Trinajstić information content (AvgIpc) is 2.59. The van der Waals surface area contributed by atoms with Gasteiger partial charge in [-0.15, -0.1) is 10.2 Å². The van der Waals surface area contributed by atoms with E-state index in [-0.39, 0.29) is 11.2 Å². The normalized spacial score (nSPS) is 12.3. The van der Waals surface area contributed by atoms with Gasteiger partial charge in [0, 0.05) is 12.6 Å². The van der Waals surface area contributed by atoms with E-state index in [4.69, 9.17) is 0 Å². The molecule has 2 rings (SSSR count). The molecule has 0 atom stereocenters. The lowest BCUT2D eigenvalue weighted by atomic mass is 10.1. The molecule has 3 nitrogen and oxygen atoms in total. The summed E-state index contributed by atoms with van der Waals surface area (Å²) in [5.74, 6) is 0.563. The van der Waals surface area contributed by atoms with Crippen LogP contribution in [0.2, 0.25) is 0 Å². The predicted molar refractivity (Wildman–Crippen MR) is 56.7 cm³/mol. The van der Waals surface area contributed by atoms with E-state index in [2.05, 4.69) is 10.2 Å². The Morgan fingerprint density at radius 3 is 2.59 bits per heavy atom. The number of halogens is 3. The third kappa shape index (κ3) is 1.99. The van der Waals surface area contributed by atoms with Crippen LogP contribution < -0.4 is 0 Å². The van der Waals surface area contributed by atoms with Crippen molar-refractivity contribution in [1.82, 2.24) is 14.6 Å². The van der Waals surface area contributed by atoms with Gasteiger partial charge in [0.15, 0.2) is 5.65 Å². The van der Waals surface area contributed by atoms with E-state index in [1.807, 2.05) is 6.92 Å². The first kappa shape index (κ1) is 11.9. The topological polar surface area (TPSA) is 30.2 Å². The maximum atomic E-state index is 12.9. The monoisotopic (exact) mass is 243 g/mol. The summed E-state index contributed by atoms with van der Waals surface area (Å²) in [4.78, 5) is 0. The van der Waals surface area contributed by atoms with E-state index in [0.29, 0.717) is 12.2 Å². The smallest absolute Gasteiger partial charge is 0.286 e. The number of hydrogen-bond acceptors (Lipinski definition) is 2. The van der Waals surface area contributed by atoms with Crippen LogP contribution in [0.15, 0.2) is 12.3 Å². The Kier molecular flexibility index (Phi) is 2.81. The summed E-state index contributed by atoms with van der Waals surface area (Å²) in [6.07, 6.45) is -1.38. The lowest BCUT2D eigenvalue weighted by Gasteiger charge is -2.11. The van der Waals surface area contributed by atoms with Gasteiger partial charge in [-0.1, -0.05) is 6.92 Å². The van der Waals surface area contributed by atoms with Crippen molar-refractivity contribution in [3.63, 3.8) is 0 Å². The lowest BCUT2D eigenvalue weighted by Crippen LogP contribution is -2.10. The second-order valence-electron chi connectivity index (χ2n) is 3.93. The largest absolute Gasteiger partial charge is 0.420 e. The molecule has 0 aliphatic heterocycles. The highest BCUT2D eigenvalue weighted by Crippen LogP contribution is 2.34. The lowest BCUT2D eigenvalue weighted by molar-refractivity contribution is -0.137. The second-order valence-corrected chi connectivity index (χ2v) is 3.93. The first-order chi connectivity index (χ1) is 7.95. The maximum absolute atomic E-state index is 12.9. The van der Waals surface area contributed by atoms with Crippen LogP contribution >= 0.6 is 0 Å². The number of aryl methyl sites for hydroxylation is 2. The predicted octanol–water partition coefficient (Wildman–Crippen LogP) is 3.01. The Morgan fingerprint density at radius 1 is 1.29 bits per heavy atom. The molecule has 0 saturated heterocycles. The number of aromatic nitrogens is 3. The molecule has 0 aliphatic carbocycles. The van der Waals surface area contributed by atoms with Gasteiger partial charge < -0.3 is 0 Å². The molecule has 6 heteroatoms. The molecule has 0 aromatic carbocycles. The molecule has 0 amide bonds. The average molecular weight is 243 g/mol. The Morgan fingerprint density at radius 2 is 2.00 bits per heavy atom. The standard InChI is InChI=1S/C11H12F3N3/c1-3-4-8-15-16-10-9(11(12,13)14)7(2)5-6-17(8)10/h5-6H,3-4H2,1-2H3. The molecular weight excluding hydrogens is 231 g/mol. The summed E-state index contributed by atoms with van der Waals surface area (Å²) in [7, 11) is 0. The first-order valence-electron chi connectivity index (χ1n) is 5.35. The number of rotatable bonds is 2. The third-order valence-electron chi connectivity index (χ3n) is 2.62. The van der Waals surface area contributed by atoms with Gasteiger partial charge in [0.05, 0.1) is 0 Å². The summed E-state index contributed by atoms with van der Waals surface area (Å²) in [5, 5.41) is 7.47. The molecule has 17 heavy (non-hydrogen) atoms. The molecule has 0 saturated carbocycles. The SMILES string of the molecule is CCCc1nnc2c(C(F)(F)F)c(C)ccn12. The zero-order chi connectivity index (χ0) is 12.6. The molecule has 0 fully saturated rings. The fourth-order valence-corrected chi connectivity index (χ4v) is 1.84. The summed E-state index contributed by atoms with van der Waals surface area (Å²) in [5.41, 5.74) is -0.642. The van der Waals surface area contributed by atoms with Crippen LogP contribution in [-0.2, 0) is 12.6 Å². The minimum atomic E-state index is -4.40. The zero-order valence-electron chi connectivity index (χ0n) is 9.54. The minimum absolute atomic E-state index is 0.110. The van der Waals surface area contributed by atoms with E-state index in [1.165, 1.54) is 17.4 Å². The van der Waals surface area contributed by atoms with Crippen molar-refractivity contribution >= 4 is 5.65 Å². The van der Waals surface area contributed by atoms with Crippen molar-refractivity contribution < 1.29 is 13.2 Å². The fraction of sp³-hybridized carbons (Fsp3) is 0.455. The van der Waals surface area contributed by atoms with Gasteiger partial charge in [-0.3, -0.25) is 4.40 Å². The van der Waals surface area contributed by atoms with Gasteiger partial charge in [0.25, 0.3) is 0 Å². The highest BCUT2D eigenvalue weighted by Gasteiger charge is 2.36. The van der Waals surface area contributed by atoms with Crippen molar-refractivity contribution in [2.45, 2.75) is 32.9 Å². The number of alkyl halides is 3. The molecular formula is C11H12F3N3. The number of hydrogen-bond donors (Lipinski definition) is 0. The van der Waals surface area contributed by atoms with Gasteiger partial charge in [-0.05, 0) is 25.0 Å². The van der Waals surface area contributed by atoms with Crippen molar-refractivity contribution in [2.75, 3.05) is 0 Å². The molecule has 0 spiro atoms. The summed E-state index contributed by atoms with van der Waals surface area (Å²) in [6.45, 7) is 3.37. The van der Waals surface area contributed by atoms with Gasteiger partial charge in [-0.25, -0.2) is 0 Å². The third-order valence-corrected chi connectivity index (χ3v) is 2.62. The van der Waals surface area contributed by atoms with Crippen LogP contribution in [0.5, 0.6) is 0 Å². The molecule has 0 N–H and O–H groups in total. The van der Waals surface area contributed by atoms with Crippen molar-refractivity contribution in [1.29, 1.82) is 0 Å². The Hall–Kier alpha value is -1.59. The summed E-state index contributed by atoms with van der Waals surface area (Å²) in [6, 6.07) is 1.44. The molecule has 2 aromatic rings. The Labute approximate surface area is 96.3 Å². The first-order valence-corrected chi connectivity index (χ1v) is 5.35. The molecule has 2 heterocycles. The zero-order valence-corrected chi connectivity index (χ0v) is 9.54. The molecule has 0 unspecified atom stereocenters. The van der Waals surface area contributed by atoms with E-state index < -0.39 is 11.7 Å². The summed E-state index contributed by atoms with van der Waals surface area (Å²) >= 11 is 0. The number of nitrogens with zero attached hydrogens (tertiary/aromatic N) is 3. The second kappa shape index (κ2) is 4.01. The Balaban J connectivity index is 2.71. The van der Waals surface area contributed by atoms with E-state index in [9.17, 15) is 13.2 Å². The molecule has 0 radical (unpaired) electrons. The highest BCUT2D eigenvalue weighted by atomic mass is 19.4. The van der Waals surface area contributed by atoms with Crippen molar-refractivity contribution in [3.05, 3.63) is 29.2 Å². The van der Waals surface area contributed by atoms with E-state index in [0.717, 1.165) is 6.42 Å². The van der Waals surface area contributed by atoms with Crippen LogP contribution in [-0.4, -0.2) is 14.6 Å². The van der Waals surface area contributed by atoms with Crippen LogP contribution in [0.1, 0.15) is 30.3 Å². The molecule has 2 aromatic heterocycles. The van der Waals surface area contributed by atoms with Crippen LogP contribution in [0.25, 0.3) is 5.65 Å². The van der Waals surface area contributed by atoms with Crippen LogP contribution in [0.3, 0.4) is 0 Å². The van der Waals surface area contributed by atoms with Gasteiger partial charge >= 0.3 is 6.18 Å². The highest BCUT2D eigenvalue weighted by molar-refractivity contribution is 5.53. The molecule has 0 bridgehead atoms. The molecule has 0 aliphatic rings. The van der Waals surface area contributed by atoms with E-state index in [1.54, 1.807) is 6.20 Å². The maximum Gasteiger partial charge on any atom is 0.420 e. The van der Waals surface area contributed by atoms with Crippen molar-refractivity contribution in [2.24, 2.45) is 0 Å².